The van der Waals surface area contributed by atoms with Crippen molar-refractivity contribution in [1.82, 2.24) is 15.5 Å². The van der Waals surface area contributed by atoms with E-state index < -0.39 is 17.7 Å². The molecule has 1 aromatic heterocycles. The Bertz CT molecular complexity index is 1170. The number of carbonyl (C=O) groups excluding carboxylic acids is 3. The first kappa shape index (κ1) is 28.1. The molecule has 1 aliphatic rings. The van der Waals surface area contributed by atoms with Crippen LogP contribution in [0.15, 0.2) is 47.9 Å². The maximum absolute atomic E-state index is 13.0. The Morgan fingerprint density at radius 1 is 1.22 bits per heavy atom. The van der Waals surface area contributed by atoms with Gasteiger partial charge in [-0.2, -0.15) is 8.78 Å². The zero-order valence-corrected chi connectivity index (χ0v) is 21.6. The minimum atomic E-state index is -3.60. The summed E-state index contributed by atoms with van der Waals surface area (Å²) < 4.78 is 31.6. The normalized spacial score (nSPS) is 15.7. The van der Waals surface area contributed by atoms with E-state index in [9.17, 15) is 23.2 Å². The topological polar surface area (TPSA) is 112 Å². The highest BCUT2D eigenvalue weighted by atomic mass is 32.1. The number of amides is 3. The zero-order valence-electron chi connectivity index (χ0n) is 20.7. The van der Waals surface area contributed by atoms with Crippen LogP contribution in [-0.2, 0) is 9.53 Å². The summed E-state index contributed by atoms with van der Waals surface area (Å²) in [6.45, 7) is 8.13. The van der Waals surface area contributed by atoms with Gasteiger partial charge in [0.1, 0.15) is 5.84 Å². The third-order valence-electron chi connectivity index (χ3n) is 5.95. The number of amidine groups is 1. The van der Waals surface area contributed by atoms with E-state index in [0.29, 0.717) is 45.1 Å². The molecule has 1 unspecified atom stereocenters. The molecule has 1 saturated heterocycles. The van der Waals surface area contributed by atoms with Gasteiger partial charge in [0.25, 0.3) is 17.7 Å². The van der Waals surface area contributed by atoms with E-state index in [1.165, 1.54) is 35.6 Å². The summed E-state index contributed by atoms with van der Waals surface area (Å²) in [4.78, 5) is 39.5. The number of halogens is 2. The third kappa shape index (κ3) is 7.53. The number of ether oxygens (including phenoxy) is 1. The smallest absolute Gasteiger partial charge is 0.322 e. The van der Waals surface area contributed by atoms with Gasteiger partial charge in [-0.25, -0.2) is 0 Å². The zero-order chi connectivity index (χ0) is 27.2. The molecule has 8 nitrogen and oxygen atoms in total. The van der Waals surface area contributed by atoms with Gasteiger partial charge in [-0.05, 0) is 48.9 Å². The molecule has 0 radical (unpaired) electrons. The molecule has 1 aliphatic heterocycles. The van der Waals surface area contributed by atoms with Gasteiger partial charge in [0.2, 0.25) is 0 Å². The van der Waals surface area contributed by atoms with E-state index in [-0.39, 0.29) is 30.0 Å². The molecule has 3 rings (SSSR count). The molecule has 3 amide bonds. The Morgan fingerprint density at radius 2 is 1.89 bits per heavy atom. The molecule has 37 heavy (non-hydrogen) atoms. The standard InChI is InChI=1S/C26H30F2N4O4S/c1-16(4-9-20-15-36-12-11-32(20)24(34)21-17(2)10-13-37-21)14-30-23(33)19-7-5-18(6-8-19)22(29)31-25(35)26(3,27)28/h5-8,10,13,20H,1,4,9,11-12,14-15H2,2-3H3,(H,30,33)(H2,29,31,35). The molecule has 2 aromatic rings. The second kappa shape index (κ2) is 12.2. The van der Waals surface area contributed by atoms with Crippen LogP contribution in [0.5, 0.6) is 0 Å². The molecule has 1 atom stereocenters. The Kier molecular flexibility index (Phi) is 9.28. The first-order chi connectivity index (χ1) is 17.5. The van der Waals surface area contributed by atoms with Crippen molar-refractivity contribution < 1.29 is 27.9 Å². The Hall–Kier alpha value is -3.44. The largest absolute Gasteiger partial charge is 0.377 e. The van der Waals surface area contributed by atoms with Gasteiger partial charge in [-0.15, -0.1) is 11.3 Å². The van der Waals surface area contributed by atoms with Crippen LogP contribution in [0.25, 0.3) is 0 Å². The van der Waals surface area contributed by atoms with Crippen molar-refractivity contribution in [2.45, 2.75) is 38.7 Å². The first-order valence-electron chi connectivity index (χ1n) is 11.7. The van der Waals surface area contributed by atoms with Crippen molar-refractivity contribution in [2.75, 3.05) is 26.3 Å². The highest BCUT2D eigenvalue weighted by molar-refractivity contribution is 7.12. The van der Waals surface area contributed by atoms with E-state index in [2.05, 4.69) is 11.9 Å². The van der Waals surface area contributed by atoms with Crippen LogP contribution < -0.4 is 10.6 Å². The molecule has 0 aliphatic carbocycles. The number of rotatable bonds is 9. The molecular formula is C26H30F2N4O4S. The number of morpholine rings is 1. The lowest BCUT2D eigenvalue weighted by Gasteiger charge is -2.35. The van der Waals surface area contributed by atoms with Crippen molar-refractivity contribution in [3.05, 3.63) is 69.4 Å². The molecule has 198 valence electrons. The number of hydrogen-bond donors (Lipinski definition) is 3. The van der Waals surface area contributed by atoms with Crippen LogP contribution in [-0.4, -0.2) is 66.7 Å². The van der Waals surface area contributed by atoms with E-state index in [1.54, 1.807) is 0 Å². The first-order valence-corrected chi connectivity index (χ1v) is 12.6. The monoisotopic (exact) mass is 532 g/mol. The summed E-state index contributed by atoms with van der Waals surface area (Å²) in [5, 5.41) is 14.3. The van der Waals surface area contributed by atoms with Gasteiger partial charge < -0.3 is 20.3 Å². The second-order valence-corrected chi connectivity index (χ2v) is 9.84. The summed E-state index contributed by atoms with van der Waals surface area (Å²) in [5.74, 6) is -6.02. The minimum Gasteiger partial charge on any atom is -0.377 e. The average molecular weight is 533 g/mol. The number of benzene rings is 1. The van der Waals surface area contributed by atoms with Crippen LogP contribution >= 0.6 is 11.3 Å². The Morgan fingerprint density at radius 3 is 2.51 bits per heavy atom. The van der Waals surface area contributed by atoms with Gasteiger partial charge in [0, 0.05) is 31.1 Å². The number of hydrogen-bond acceptors (Lipinski definition) is 6. The third-order valence-corrected chi connectivity index (χ3v) is 6.95. The van der Waals surface area contributed by atoms with E-state index in [0.717, 1.165) is 16.0 Å². The fraction of sp³-hybridized carbons (Fsp3) is 0.385. The number of carbonyl (C=O) groups is 3. The summed E-state index contributed by atoms with van der Waals surface area (Å²) >= 11 is 1.44. The number of thiophene rings is 1. The minimum absolute atomic E-state index is 0.0132. The summed E-state index contributed by atoms with van der Waals surface area (Å²) in [7, 11) is 0. The van der Waals surface area contributed by atoms with Crippen molar-refractivity contribution in [3.8, 4) is 0 Å². The highest BCUT2D eigenvalue weighted by Crippen LogP contribution is 2.23. The lowest BCUT2D eigenvalue weighted by molar-refractivity contribution is -0.141. The van der Waals surface area contributed by atoms with E-state index in [4.69, 9.17) is 10.1 Å². The van der Waals surface area contributed by atoms with E-state index in [1.807, 2.05) is 28.6 Å². The van der Waals surface area contributed by atoms with Crippen molar-refractivity contribution >= 4 is 34.9 Å². The molecule has 11 heteroatoms. The fourth-order valence-corrected chi connectivity index (χ4v) is 4.61. The van der Waals surface area contributed by atoms with Crippen LogP contribution in [0.3, 0.4) is 0 Å². The molecule has 1 fully saturated rings. The average Bonchev–Trinajstić information content (AvgIpc) is 3.31. The summed E-state index contributed by atoms with van der Waals surface area (Å²) in [5.41, 5.74) is 2.25. The van der Waals surface area contributed by atoms with Crippen LogP contribution in [0.4, 0.5) is 8.78 Å². The number of nitrogens with one attached hydrogen (secondary N) is 3. The van der Waals surface area contributed by atoms with Crippen LogP contribution in [0.2, 0.25) is 0 Å². The maximum Gasteiger partial charge on any atom is 0.322 e. The lowest BCUT2D eigenvalue weighted by Crippen LogP contribution is -2.48. The number of nitrogens with zero attached hydrogens (tertiary/aromatic N) is 1. The van der Waals surface area contributed by atoms with Crippen LogP contribution in [0.1, 0.15) is 50.9 Å². The molecule has 0 spiro atoms. The molecule has 1 aromatic carbocycles. The fourth-order valence-electron chi connectivity index (χ4n) is 3.73. The summed E-state index contributed by atoms with van der Waals surface area (Å²) in [6, 6.07) is 7.52. The van der Waals surface area contributed by atoms with Gasteiger partial charge >= 0.3 is 5.92 Å². The second-order valence-electron chi connectivity index (χ2n) is 8.93. The predicted molar refractivity (Wildman–Crippen MR) is 137 cm³/mol. The quantitative estimate of drug-likeness (QED) is 0.259. The van der Waals surface area contributed by atoms with Gasteiger partial charge in [-0.1, -0.05) is 24.3 Å². The predicted octanol–water partition coefficient (Wildman–Crippen LogP) is 3.76. The van der Waals surface area contributed by atoms with Crippen molar-refractivity contribution in [2.24, 2.45) is 0 Å². The SMILES string of the molecule is C=C(CCC1COCCN1C(=O)c1sccc1C)CNC(=O)c1ccc(C(=N)NC(=O)C(C)(F)F)cc1. The van der Waals surface area contributed by atoms with Gasteiger partial charge in [0.15, 0.2) is 0 Å². The number of alkyl halides is 2. The summed E-state index contributed by atoms with van der Waals surface area (Å²) in [6.07, 6.45) is 1.25. The molecule has 0 saturated carbocycles. The van der Waals surface area contributed by atoms with Gasteiger partial charge in [-0.3, -0.25) is 19.8 Å². The molecule has 0 bridgehead atoms. The maximum atomic E-state index is 13.0. The van der Waals surface area contributed by atoms with Crippen molar-refractivity contribution in [1.29, 1.82) is 5.41 Å². The van der Waals surface area contributed by atoms with E-state index >= 15 is 0 Å². The molecule has 3 N–H and O–H groups in total. The Balaban J connectivity index is 1.47. The number of aryl methyl sites for hydroxylation is 1. The van der Waals surface area contributed by atoms with Gasteiger partial charge in [0.05, 0.1) is 24.1 Å². The molecule has 2 heterocycles. The van der Waals surface area contributed by atoms with Crippen molar-refractivity contribution in [3.63, 3.8) is 0 Å². The van der Waals surface area contributed by atoms with Crippen LogP contribution in [0, 0.1) is 12.3 Å². The lowest BCUT2D eigenvalue weighted by atomic mass is 10.0. The molecular weight excluding hydrogens is 502 g/mol. The highest BCUT2D eigenvalue weighted by Gasteiger charge is 2.33. The Labute approximate surface area is 218 Å².